The maximum atomic E-state index is 13.4. The molecule has 3 aliphatic heterocycles. The minimum atomic E-state index is -4.11. The summed E-state index contributed by atoms with van der Waals surface area (Å²) in [4.78, 5) is 95.2. The van der Waals surface area contributed by atoms with Crippen LogP contribution in [-0.2, 0) is 58.1 Å². The predicted octanol–water partition coefficient (Wildman–Crippen LogP) is 5.64. The Kier molecular flexibility index (Phi) is 24.3. The van der Waals surface area contributed by atoms with Gasteiger partial charge in [0.2, 0.25) is 0 Å². The van der Waals surface area contributed by atoms with Crippen molar-refractivity contribution in [2.45, 2.75) is 144 Å². The van der Waals surface area contributed by atoms with E-state index in [0.717, 1.165) is 51.4 Å². The third-order valence-corrected chi connectivity index (χ3v) is 26.9. The van der Waals surface area contributed by atoms with Crippen LogP contribution in [0.15, 0.2) is 131 Å². The number of nitrogens with zero attached hydrogens (tertiary/aromatic N) is 5. The number of amides is 6. The van der Waals surface area contributed by atoms with Crippen LogP contribution in [-0.4, -0.2) is 174 Å². The Labute approximate surface area is 578 Å². The zero-order valence-electron chi connectivity index (χ0n) is 54.8. The molecule has 6 fully saturated rings. The normalized spacial score (nSPS) is 18.4. The zero-order chi connectivity index (χ0) is 71.1. The van der Waals surface area contributed by atoms with E-state index in [0.29, 0.717) is 64.3 Å². The number of hydrogen-bond acceptors (Lipinski definition) is 23. The number of ether oxygens (including phenoxy) is 3. The Hall–Kier alpha value is -8.60. The van der Waals surface area contributed by atoms with Gasteiger partial charge in [-0.2, -0.15) is 0 Å². The molecule has 9 N–H and O–H groups in total. The Morgan fingerprint density at radius 1 is 0.390 bits per heavy atom. The number of hydrogen-bond donors (Lipinski definition) is 9. The lowest BCUT2D eigenvalue weighted by atomic mass is 9.89. The first-order valence-corrected chi connectivity index (χ1v) is 37.7. The molecule has 3 aromatic heterocycles. The molecule has 0 spiro atoms. The molecule has 100 heavy (non-hydrogen) atoms. The van der Waals surface area contributed by atoms with Gasteiger partial charge in [-0.05, 0) is 137 Å². The standard InChI is InChI=1S/C24H30N4O6S.C23H27N3O6S.C21H24N4O6S/c29-22(27-14-17-4-2-1-3-5-17)21-16-25-20(15-26-21)18-6-8-19(9-7-18)35(32,33)24(23(30)28-31)10-12-34-13-11-24;27-21(25-18-3-1-2-4-18)17-7-10-20(24-15-17)16-5-8-19(9-6-16)33(30,31)23(22(28)26-29)11-13-32-14-12-23;26-19(24-11-14-1-2-14)18-13-22-17(12-23-18)15-3-5-16(6-4-15)32(29,30)21(20(27)25-28)7-9-31-10-8-21/h6-9,15-17,31H,1-5,10-14H2,(H,27,29)(H,28,30);5-10,15,18,29H,1-4,11-14H2,(H,25,27)(H,26,28);3-6,12-14,28H,1-2,7-11H2,(H,24,26)(H,25,27). The molecular formula is C68H81N11O18S3. The van der Waals surface area contributed by atoms with Gasteiger partial charge in [0.1, 0.15) is 11.4 Å². The van der Waals surface area contributed by atoms with Gasteiger partial charge in [-0.1, -0.05) is 68.5 Å². The van der Waals surface area contributed by atoms with E-state index in [9.17, 15) is 54.0 Å². The summed E-state index contributed by atoms with van der Waals surface area (Å²) in [6.45, 7) is 1.88. The van der Waals surface area contributed by atoms with Gasteiger partial charge in [0, 0.05) is 81.7 Å². The van der Waals surface area contributed by atoms with Crippen molar-refractivity contribution in [3.8, 4) is 33.8 Å². The van der Waals surface area contributed by atoms with Gasteiger partial charge in [0.25, 0.3) is 35.4 Å². The fraction of sp³-hybridized carbons (Fsp3) is 0.456. The van der Waals surface area contributed by atoms with Crippen molar-refractivity contribution < 1.29 is 83.9 Å². The molecule has 3 saturated heterocycles. The minimum Gasteiger partial charge on any atom is -0.381 e. The number of carbonyl (C=O) groups is 6. The molecule has 12 rings (SSSR count). The topological polar surface area (TPSA) is 430 Å². The maximum Gasteiger partial charge on any atom is 0.271 e. The first-order valence-electron chi connectivity index (χ1n) is 33.2. The van der Waals surface area contributed by atoms with Crippen LogP contribution in [0.25, 0.3) is 33.8 Å². The van der Waals surface area contributed by atoms with Gasteiger partial charge in [-0.25, -0.2) is 51.7 Å². The molecule has 0 radical (unpaired) electrons. The van der Waals surface area contributed by atoms with Crippen molar-refractivity contribution in [3.63, 3.8) is 0 Å². The summed E-state index contributed by atoms with van der Waals surface area (Å²) in [6, 6.07) is 21.6. The van der Waals surface area contributed by atoms with Crippen LogP contribution < -0.4 is 32.4 Å². The summed E-state index contributed by atoms with van der Waals surface area (Å²) in [5, 5.41) is 36.2. The van der Waals surface area contributed by atoms with Crippen LogP contribution in [0.3, 0.4) is 0 Å². The van der Waals surface area contributed by atoms with E-state index in [-0.39, 0.29) is 128 Å². The number of carbonyl (C=O) groups excluding carboxylic acids is 6. The number of nitrogens with one attached hydrogen (secondary N) is 6. The second-order valence-corrected chi connectivity index (χ2v) is 32.3. The van der Waals surface area contributed by atoms with E-state index in [2.05, 4.69) is 40.9 Å². The average Bonchev–Trinajstić information content (AvgIpc) is 1.06. The molecule has 6 amide bonds. The summed E-state index contributed by atoms with van der Waals surface area (Å²) in [6.07, 6.45) is 19.4. The number of sulfone groups is 3. The summed E-state index contributed by atoms with van der Waals surface area (Å²) in [5.41, 5.74) is 8.85. The highest BCUT2D eigenvalue weighted by Gasteiger charge is 2.55. The first kappa shape index (κ1) is 74.1. The molecule has 32 heteroatoms. The molecule has 6 aliphatic rings. The SMILES string of the molecule is O=C(NC1CCCC1)c1ccc(-c2ccc(S(=O)(=O)C3(C(=O)NO)CCOCC3)cc2)nc1.O=C(NCC1CC1)c1cnc(-c2ccc(S(=O)(=O)C3(C(=O)NO)CCOCC3)cc2)cn1.O=C(NCC1CCCCC1)c1cnc(-c2ccc(S(=O)(=O)C3(C(=O)NO)CCOCC3)cc2)cn1. The molecular weight excluding hydrogens is 1360 g/mol. The second kappa shape index (κ2) is 32.8. The lowest BCUT2D eigenvalue weighted by Crippen LogP contribution is -2.54. The highest BCUT2D eigenvalue weighted by molar-refractivity contribution is 7.94. The third-order valence-electron chi connectivity index (χ3n) is 19.4. The van der Waals surface area contributed by atoms with Crippen LogP contribution in [0, 0.1) is 11.8 Å². The van der Waals surface area contributed by atoms with E-state index in [1.165, 1.54) is 103 Å². The Bertz CT molecular complexity index is 4200. The molecule has 3 aromatic carbocycles. The van der Waals surface area contributed by atoms with Crippen molar-refractivity contribution in [2.24, 2.45) is 11.8 Å². The molecule has 534 valence electrons. The molecule has 6 aromatic rings. The zero-order valence-corrected chi connectivity index (χ0v) is 57.3. The van der Waals surface area contributed by atoms with Gasteiger partial charge in [-0.15, -0.1) is 0 Å². The maximum absolute atomic E-state index is 13.4. The molecule has 6 heterocycles. The van der Waals surface area contributed by atoms with Crippen LogP contribution in [0.5, 0.6) is 0 Å². The number of pyridine rings is 1. The number of aromatic nitrogens is 5. The van der Waals surface area contributed by atoms with Crippen molar-refractivity contribution in [1.82, 2.24) is 57.3 Å². The van der Waals surface area contributed by atoms with Gasteiger partial charge in [0.15, 0.2) is 43.8 Å². The number of rotatable bonds is 20. The van der Waals surface area contributed by atoms with E-state index >= 15 is 0 Å². The van der Waals surface area contributed by atoms with Crippen LogP contribution in [0.1, 0.15) is 140 Å². The summed E-state index contributed by atoms with van der Waals surface area (Å²) >= 11 is 0. The Morgan fingerprint density at radius 2 is 0.730 bits per heavy atom. The highest BCUT2D eigenvalue weighted by atomic mass is 32.2. The smallest absolute Gasteiger partial charge is 0.271 e. The largest absolute Gasteiger partial charge is 0.381 e. The van der Waals surface area contributed by atoms with E-state index in [1.54, 1.807) is 48.5 Å². The molecule has 0 bridgehead atoms. The molecule has 3 aliphatic carbocycles. The lowest BCUT2D eigenvalue weighted by Gasteiger charge is -2.34. The fourth-order valence-corrected chi connectivity index (χ4v) is 18.8. The summed E-state index contributed by atoms with van der Waals surface area (Å²) < 4.78 is 90.2. The molecule has 3 saturated carbocycles. The van der Waals surface area contributed by atoms with E-state index in [1.807, 2.05) is 0 Å². The molecule has 29 nitrogen and oxygen atoms in total. The third kappa shape index (κ3) is 16.4. The first-order chi connectivity index (χ1) is 48.1. The number of benzene rings is 3. The van der Waals surface area contributed by atoms with Crippen molar-refractivity contribution >= 4 is 65.0 Å². The minimum absolute atomic E-state index is 0.0238. The van der Waals surface area contributed by atoms with Crippen LogP contribution >= 0.6 is 0 Å². The second-order valence-electron chi connectivity index (χ2n) is 25.6. The van der Waals surface area contributed by atoms with Crippen LogP contribution in [0.2, 0.25) is 0 Å². The van der Waals surface area contributed by atoms with Gasteiger partial charge in [-0.3, -0.25) is 59.3 Å². The van der Waals surface area contributed by atoms with E-state index < -0.39 is 61.5 Å². The van der Waals surface area contributed by atoms with Crippen molar-refractivity contribution in [1.29, 1.82) is 0 Å². The number of hydroxylamine groups is 3. The van der Waals surface area contributed by atoms with Gasteiger partial charge < -0.3 is 30.2 Å². The van der Waals surface area contributed by atoms with Crippen molar-refractivity contribution in [2.75, 3.05) is 52.7 Å². The van der Waals surface area contributed by atoms with Crippen LogP contribution in [0.4, 0.5) is 0 Å². The highest BCUT2D eigenvalue weighted by Crippen LogP contribution is 2.40. The summed E-state index contributed by atoms with van der Waals surface area (Å²) in [5.74, 6) is -2.50. The van der Waals surface area contributed by atoms with E-state index in [4.69, 9.17) is 29.8 Å². The summed E-state index contributed by atoms with van der Waals surface area (Å²) in [7, 11) is -12.3. The van der Waals surface area contributed by atoms with Gasteiger partial charge in [0.05, 0.1) is 62.1 Å². The fourth-order valence-electron chi connectivity index (χ4n) is 12.9. The van der Waals surface area contributed by atoms with Crippen molar-refractivity contribution in [3.05, 3.63) is 133 Å². The molecule has 0 atom stereocenters. The molecule has 0 unspecified atom stereocenters. The van der Waals surface area contributed by atoms with Gasteiger partial charge >= 0.3 is 0 Å². The Balaban J connectivity index is 0.000000162. The monoisotopic (exact) mass is 1440 g/mol. The quantitative estimate of drug-likeness (QED) is 0.0329. The lowest BCUT2D eigenvalue weighted by molar-refractivity contribution is -0.135. The predicted molar refractivity (Wildman–Crippen MR) is 358 cm³/mol. The Morgan fingerprint density at radius 3 is 1.05 bits per heavy atom. The average molecular weight is 1440 g/mol.